The molecule has 1 N–H and O–H groups in total. The van der Waals surface area contributed by atoms with Crippen LogP contribution in [0.4, 0.5) is 0 Å². The summed E-state index contributed by atoms with van der Waals surface area (Å²) in [6.45, 7) is 5.08. The Morgan fingerprint density at radius 1 is 1.35 bits per heavy atom. The zero-order chi connectivity index (χ0) is 12.9. The molecule has 1 aliphatic rings. The Balaban J connectivity index is 2.62. The summed E-state index contributed by atoms with van der Waals surface area (Å²) in [5.74, 6) is 0.724. The van der Waals surface area contributed by atoms with E-state index < -0.39 is 10.0 Å². The molecule has 0 saturated carbocycles. The van der Waals surface area contributed by atoms with Crippen LogP contribution in [-0.2, 0) is 14.8 Å². The molecule has 1 heterocycles. The third kappa shape index (κ3) is 4.73. The van der Waals surface area contributed by atoms with Crippen LogP contribution in [-0.4, -0.2) is 38.8 Å². The maximum Gasteiger partial charge on any atom is 0.214 e. The minimum absolute atomic E-state index is 0.0691. The zero-order valence-corrected chi connectivity index (χ0v) is 12.1. The van der Waals surface area contributed by atoms with Crippen molar-refractivity contribution in [1.82, 2.24) is 4.72 Å². The molecule has 1 rings (SSSR count). The fourth-order valence-electron chi connectivity index (χ4n) is 1.94. The maximum absolute atomic E-state index is 12.2. The van der Waals surface area contributed by atoms with E-state index in [1.54, 1.807) is 0 Å². The van der Waals surface area contributed by atoms with Crippen LogP contribution in [0.25, 0.3) is 0 Å². The van der Waals surface area contributed by atoms with Crippen molar-refractivity contribution >= 4 is 21.6 Å². The minimum Gasteiger partial charge on any atom is -0.381 e. The van der Waals surface area contributed by atoms with Crippen molar-refractivity contribution in [3.63, 3.8) is 0 Å². The third-order valence-corrected chi connectivity index (χ3v) is 5.35. The minimum atomic E-state index is -3.24. The lowest BCUT2D eigenvalue weighted by atomic mass is 10.0. The van der Waals surface area contributed by atoms with Gasteiger partial charge in [0.1, 0.15) is 0 Å². The van der Waals surface area contributed by atoms with Crippen molar-refractivity contribution in [2.24, 2.45) is 5.92 Å². The van der Waals surface area contributed by atoms with Gasteiger partial charge in [-0.1, -0.05) is 13.8 Å². The molecule has 0 bridgehead atoms. The third-order valence-electron chi connectivity index (χ3n) is 3.15. The topological polar surface area (TPSA) is 55.4 Å². The number of nitrogens with one attached hydrogen (secondary N) is 1. The van der Waals surface area contributed by atoms with Gasteiger partial charge in [0.2, 0.25) is 10.0 Å². The quantitative estimate of drug-likeness (QED) is 0.756. The molecule has 1 fully saturated rings. The van der Waals surface area contributed by atoms with Gasteiger partial charge in [-0.3, -0.25) is 0 Å². The normalized spacial score (nSPS) is 20.7. The first-order valence-electron chi connectivity index (χ1n) is 6.12. The van der Waals surface area contributed by atoms with Gasteiger partial charge in [0.25, 0.3) is 0 Å². The number of sulfonamides is 1. The van der Waals surface area contributed by atoms with Gasteiger partial charge < -0.3 is 4.74 Å². The molecule has 1 aliphatic heterocycles. The van der Waals surface area contributed by atoms with Crippen LogP contribution >= 0.6 is 11.6 Å². The summed E-state index contributed by atoms with van der Waals surface area (Å²) in [4.78, 5) is 0. The standard InChI is InChI=1S/C11H22ClNO3S/c1-9(2)11(3-6-12)13-17(14,15)10-4-7-16-8-5-10/h9-11,13H,3-8H2,1-2H3. The molecule has 0 spiro atoms. The monoisotopic (exact) mass is 283 g/mol. The lowest BCUT2D eigenvalue weighted by Crippen LogP contribution is -2.45. The molecular weight excluding hydrogens is 262 g/mol. The summed E-state index contributed by atoms with van der Waals surface area (Å²) in [5.41, 5.74) is 0. The fraction of sp³-hybridized carbons (Fsp3) is 1.00. The Morgan fingerprint density at radius 3 is 2.41 bits per heavy atom. The van der Waals surface area contributed by atoms with E-state index in [-0.39, 0.29) is 17.2 Å². The molecule has 1 saturated heterocycles. The molecule has 1 atom stereocenters. The van der Waals surface area contributed by atoms with Gasteiger partial charge in [-0.2, -0.15) is 0 Å². The van der Waals surface area contributed by atoms with Crippen molar-refractivity contribution in [2.45, 2.75) is 44.4 Å². The zero-order valence-electron chi connectivity index (χ0n) is 10.5. The number of ether oxygens (including phenoxy) is 1. The summed E-state index contributed by atoms with van der Waals surface area (Å²) < 4.78 is 32.3. The van der Waals surface area contributed by atoms with Crippen LogP contribution in [0.3, 0.4) is 0 Å². The first-order valence-corrected chi connectivity index (χ1v) is 8.20. The summed E-state index contributed by atoms with van der Waals surface area (Å²) in [5, 5.41) is -0.312. The summed E-state index contributed by atoms with van der Waals surface area (Å²) in [6.07, 6.45) is 1.84. The van der Waals surface area contributed by atoms with E-state index in [0.717, 1.165) is 0 Å². The summed E-state index contributed by atoms with van der Waals surface area (Å²) in [6, 6.07) is -0.0691. The van der Waals surface area contributed by atoms with Crippen molar-refractivity contribution in [3.8, 4) is 0 Å². The predicted octanol–water partition coefficient (Wildman–Crippen LogP) is 1.74. The Morgan fingerprint density at radius 2 is 1.94 bits per heavy atom. The molecule has 6 heteroatoms. The molecule has 1 unspecified atom stereocenters. The molecule has 0 aromatic rings. The molecule has 0 aromatic carbocycles. The van der Waals surface area contributed by atoms with Gasteiger partial charge in [0.05, 0.1) is 5.25 Å². The first kappa shape index (κ1) is 15.2. The molecule has 102 valence electrons. The Labute approximate surface area is 109 Å². The van der Waals surface area contributed by atoms with Gasteiger partial charge in [-0.25, -0.2) is 13.1 Å². The molecule has 4 nitrogen and oxygen atoms in total. The second-order valence-electron chi connectivity index (χ2n) is 4.80. The number of halogens is 1. The Hall–Kier alpha value is 0.160. The van der Waals surface area contributed by atoms with Crippen molar-refractivity contribution in [2.75, 3.05) is 19.1 Å². The highest BCUT2D eigenvalue weighted by molar-refractivity contribution is 7.90. The summed E-state index contributed by atoms with van der Waals surface area (Å²) >= 11 is 5.70. The van der Waals surface area contributed by atoms with E-state index in [1.165, 1.54) is 0 Å². The van der Waals surface area contributed by atoms with E-state index in [9.17, 15) is 8.42 Å². The predicted molar refractivity (Wildman–Crippen MR) is 69.9 cm³/mol. The van der Waals surface area contributed by atoms with Gasteiger partial charge in [-0.15, -0.1) is 11.6 Å². The highest BCUT2D eigenvalue weighted by atomic mass is 35.5. The molecule has 0 amide bonds. The highest BCUT2D eigenvalue weighted by Crippen LogP contribution is 2.17. The first-order chi connectivity index (χ1) is 7.97. The molecular formula is C11H22ClNO3S. The van der Waals surface area contributed by atoms with Crippen LogP contribution in [0.5, 0.6) is 0 Å². The van der Waals surface area contributed by atoms with E-state index in [2.05, 4.69) is 4.72 Å². The SMILES string of the molecule is CC(C)C(CCCl)NS(=O)(=O)C1CCOCC1. The van der Waals surface area contributed by atoms with Gasteiger partial charge in [0, 0.05) is 25.1 Å². The largest absolute Gasteiger partial charge is 0.381 e. The lowest BCUT2D eigenvalue weighted by molar-refractivity contribution is 0.0980. The highest BCUT2D eigenvalue weighted by Gasteiger charge is 2.30. The fourth-order valence-corrected chi connectivity index (χ4v) is 3.99. The summed E-state index contributed by atoms with van der Waals surface area (Å²) in [7, 11) is -3.24. The average molecular weight is 284 g/mol. The van der Waals surface area contributed by atoms with Crippen molar-refractivity contribution in [3.05, 3.63) is 0 Å². The molecule has 0 aromatic heterocycles. The van der Waals surface area contributed by atoms with Crippen LogP contribution < -0.4 is 4.72 Å². The van der Waals surface area contributed by atoms with Gasteiger partial charge in [-0.05, 0) is 25.2 Å². The van der Waals surface area contributed by atoms with Crippen LogP contribution in [0.1, 0.15) is 33.1 Å². The van der Waals surface area contributed by atoms with Gasteiger partial charge in [0.15, 0.2) is 0 Å². The number of hydrogen-bond acceptors (Lipinski definition) is 3. The average Bonchev–Trinajstić information content (AvgIpc) is 2.29. The second-order valence-corrected chi connectivity index (χ2v) is 7.17. The Bertz CT molecular complexity index is 313. The van der Waals surface area contributed by atoms with Crippen LogP contribution in [0.15, 0.2) is 0 Å². The number of rotatable bonds is 6. The molecule has 17 heavy (non-hydrogen) atoms. The lowest BCUT2D eigenvalue weighted by Gasteiger charge is -2.27. The van der Waals surface area contributed by atoms with Crippen LogP contribution in [0.2, 0.25) is 0 Å². The Kier molecular flexibility index (Phi) is 6.20. The second kappa shape index (κ2) is 6.92. The van der Waals surface area contributed by atoms with E-state index in [4.69, 9.17) is 16.3 Å². The van der Waals surface area contributed by atoms with Crippen molar-refractivity contribution in [1.29, 1.82) is 0 Å². The van der Waals surface area contributed by atoms with E-state index >= 15 is 0 Å². The van der Waals surface area contributed by atoms with Crippen molar-refractivity contribution < 1.29 is 13.2 Å². The van der Waals surface area contributed by atoms with E-state index in [0.29, 0.717) is 38.4 Å². The smallest absolute Gasteiger partial charge is 0.214 e. The molecule has 0 aliphatic carbocycles. The number of alkyl halides is 1. The molecule has 0 radical (unpaired) electrons. The maximum atomic E-state index is 12.2. The van der Waals surface area contributed by atoms with E-state index in [1.807, 2.05) is 13.8 Å². The van der Waals surface area contributed by atoms with Crippen LogP contribution in [0, 0.1) is 5.92 Å². The van der Waals surface area contributed by atoms with Gasteiger partial charge >= 0.3 is 0 Å². The number of hydrogen-bond donors (Lipinski definition) is 1.